The number of nitrogens with one attached hydrogen (secondary N) is 1. The van der Waals surface area contributed by atoms with Crippen molar-refractivity contribution in [1.29, 1.82) is 0 Å². The van der Waals surface area contributed by atoms with E-state index in [9.17, 15) is 13.2 Å². The number of hydrogen-bond acceptors (Lipinski definition) is 1. The Bertz CT molecular complexity index is 462. The third kappa shape index (κ3) is 3.79. The van der Waals surface area contributed by atoms with Crippen LogP contribution in [0.3, 0.4) is 0 Å². The highest BCUT2D eigenvalue weighted by Gasteiger charge is 2.45. The highest BCUT2D eigenvalue weighted by atomic mass is 19.4. The van der Waals surface area contributed by atoms with Gasteiger partial charge in [0.05, 0.1) is 5.92 Å². The number of hydrogen-bond donors (Lipinski definition) is 1. The molecule has 0 bridgehead atoms. The average molecular weight is 297 g/mol. The molecule has 1 aromatic rings. The first kappa shape index (κ1) is 14.9. The third-order valence-corrected chi connectivity index (χ3v) is 4.78. The van der Waals surface area contributed by atoms with Crippen molar-refractivity contribution in [3.63, 3.8) is 0 Å². The Labute approximate surface area is 123 Å². The summed E-state index contributed by atoms with van der Waals surface area (Å²) in [6.07, 6.45) is 0.948. The van der Waals surface area contributed by atoms with Crippen LogP contribution in [0.4, 0.5) is 13.2 Å². The molecule has 2 saturated carbocycles. The zero-order valence-electron chi connectivity index (χ0n) is 12.1. The Morgan fingerprint density at radius 1 is 0.952 bits per heavy atom. The van der Waals surface area contributed by atoms with E-state index in [0.717, 1.165) is 17.9 Å². The van der Waals surface area contributed by atoms with Crippen molar-refractivity contribution >= 4 is 0 Å². The summed E-state index contributed by atoms with van der Waals surface area (Å²) in [6, 6.07) is 7.91. The largest absolute Gasteiger partial charge is 0.393 e. The summed E-state index contributed by atoms with van der Waals surface area (Å²) in [6.45, 7) is 0.530. The summed E-state index contributed by atoms with van der Waals surface area (Å²) in [5.74, 6) is -0.461. The molecule has 2 aliphatic rings. The molecule has 21 heavy (non-hydrogen) atoms. The van der Waals surface area contributed by atoms with Crippen LogP contribution in [0.25, 0.3) is 0 Å². The maximum absolute atomic E-state index is 13.0. The molecule has 2 aliphatic carbocycles. The molecule has 0 aromatic heterocycles. The van der Waals surface area contributed by atoms with Gasteiger partial charge in [0.2, 0.25) is 0 Å². The molecule has 0 aliphatic heterocycles. The van der Waals surface area contributed by atoms with Crippen molar-refractivity contribution in [3.05, 3.63) is 35.4 Å². The summed E-state index contributed by atoms with van der Waals surface area (Å²) < 4.78 is 39.1. The molecule has 1 N–H and O–H groups in total. The van der Waals surface area contributed by atoms with Gasteiger partial charge in [-0.05, 0) is 42.7 Å². The van der Waals surface area contributed by atoms with Crippen molar-refractivity contribution in [1.82, 2.24) is 5.32 Å². The summed E-state index contributed by atoms with van der Waals surface area (Å²) in [5, 5.41) is 3.14. The second-order valence-electron chi connectivity index (χ2n) is 6.44. The van der Waals surface area contributed by atoms with Gasteiger partial charge in [-0.25, -0.2) is 0 Å². The molecule has 2 atom stereocenters. The predicted molar refractivity (Wildman–Crippen MR) is 77.1 cm³/mol. The minimum absolute atomic E-state index is 0.266. The first-order valence-electron chi connectivity index (χ1n) is 7.93. The van der Waals surface area contributed by atoms with Crippen LogP contribution in [0, 0.1) is 5.92 Å². The standard InChI is InChI=1S/C17H22F3N/c18-17(19,20)15-3-1-2-4-16(15)21-11-12-5-7-13(8-6-12)14-9-10-14/h5-8,14-16,21H,1-4,9-11H2. The summed E-state index contributed by atoms with van der Waals surface area (Å²) >= 11 is 0. The topological polar surface area (TPSA) is 12.0 Å². The minimum atomic E-state index is -4.08. The maximum Gasteiger partial charge on any atom is 0.393 e. The molecule has 2 unspecified atom stereocenters. The fourth-order valence-corrected chi connectivity index (χ4v) is 3.34. The van der Waals surface area contributed by atoms with E-state index < -0.39 is 18.1 Å². The highest BCUT2D eigenvalue weighted by Crippen LogP contribution is 2.40. The van der Waals surface area contributed by atoms with Crippen LogP contribution in [0.15, 0.2) is 24.3 Å². The molecule has 3 rings (SSSR count). The van der Waals surface area contributed by atoms with Gasteiger partial charge in [0, 0.05) is 12.6 Å². The molecule has 2 fully saturated rings. The van der Waals surface area contributed by atoms with Crippen molar-refractivity contribution in [2.24, 2.45) is 5.92 Å². The zero-order valence-corrected chi connectivity index (χ0v) is 12.1. The second-order valence-corrected chi connectivity index (χ2v) is 6.44. The van der Waals surface area contributed by atoms with Crippen LogP contribution in [0.5, 0.6) is 0 Å². The van der Waals surface area contributed by atoms with Crippen LogP contribution < -0.4 is 5.32 Å². The number of alkyl halides is 3. The lowest BCUT2D eigenvalue weighted by Gasteiger charge is -2.33. The van der Waals surface area contributed by atoms with Gasteiger partial charge in [0.25, 0.3) is 0 Å². The second kappa shape index (κ2) is 5.99. The van der Waals surface area contributed by atoms with Crippen molar-refractivity contribution in [3.8, 4) is 0 Å². The smallest absolute Gasteiger partial charge is 0.309 e. The van der Waals surface area contributed by atoms with E-state index in [1.165, 1.54) is 18.4 Å². The molecular formula is C17H22F3N. The fraction of sp³-hybridized carbons (Fsp3) is 0.647. The molecular weight excluding hydrogens is 275 g/mol. The van der Waals surface area contributed by atoms with Crippen molar-refractivity contribution in [2.75, 3.05) is 0 Å². The minimum Gasteiger partial charge on any atom is -0.309 e. The van der Waals surface area contributed by atoms with Crippen molar-refractivity contribution in [2.45, 2.75) is 63.2 Å². The Morgan fingerprint density at radius 3 is 2.24 bits per heavy atom. The Balaban J connectivity index is 1.57. The normalized spacial score (nSPS) is 26.8. The zero-order chi connectivity index (χ0) is 14.9. The van der Waals surface area contributed by atoms with E-state index in [1.807, 2.05) is 12.1 Å². The van der Waals surface area contributed by atoms with E-state index in [-0.39, 0.29) is 6.42 Å². The van der Waals surface area contributed by atoms with Gasteiger partial charge >= 0.3 is 6.18 Å². The van der Waals surface area contributed by atoms with Gasteiger partial charge in [-0.1, -0.05) is 37.1 Å². The molecule has 0 amide bonds. The van der Waals surface area contributed by atoms with Crippen LogP contribution in [0.2, 0.25) is 0 Å². The molecule has 0 saturated heterocycles. The first-order chi connectivity index (χ1) is 10.0. The predicted octanol–water partition coefficient (Wildman–Crippen LogP) is 4.77. The average Bonchev–Trinajstić information content (AvgIpc) is 3.30. The van der Waals surface area contributed by atoms with Gasteiger partial charge in [-0.2, -0.15) is 13.2 Å². The van der Waals surface area contributed by atoms with Gasteiger partial charge in [-0.3, -0.25) is 0 Å². The fourth-order valence-electron chi connectivity index (χ4n) is 3.34. The molecule has 0 spiro atoms. The lowest BCUT2D eigenvalue weighted by Crippen LogP contribution is -2.45. The number of benzene rings is 1. The van der Waals surface area contributed by atoms with Crippen LogP contribution in [-0.4, -0.2) is 12.2 Å². The molecule has 0 heterocycles. The molecule has 1 nitrogen and oxygen atoms in total. The summed E-state index contributed by atoms with van der Waals surface area (Å²) in [4.78, 5) is 0. The number of rotatable bonds is 4. The Hall–Kier alpha value is -1.03. The van der Waals surface area contributed by atoms with Crippen LogP contribution in [-0.2, 0) is 6.54 Å². The van der Waals surface area contributed by atoms with Gasteiger partial charge in [0.1, 0.15) is 0 Å². The van der Waals surface area contributed by atoms with Gasteiger partial charge < -0.3 is 5.32 Å². The SMILES string of the molecule is FC(F)(F)C1CCCCC1NCc1ccc(C2CC2)cc1. The van der Waals surface area contributed by atoms with Crippen LogP contribution in [0.1, 0.15) is 55.6 Å². The molecule has 4 heteroatoms. The summed E-state index contributed by atoms with van der Waals surface area (Å²) in [7, 11) is 0. The van der Waals surface area contributed by atoms with Gasteiger partial charge in [-0.15, -0.1) is 0 Å². The monoisotopic (exact) mass is 297 g/mol. The lowest BCUT2D eigenvalue weighted by atomic mass is 9.84. The quantitative estimate of drug-likeness (QED) is 0.843. The van der Waals surface area contributed by atoms with Gasteiger partial charge in [0.15, 0.2) is 0 Å². The van der Waals surface area contributed by atoms with Crippen molar-refractivity contribution < 1.29 is 13.2 Å². The maximum atomic E-state index is 13.0. The molecule has 0 radical (unpaired) electrons. The highest BCUT2D eigenvalue weighted by molar-refractivity contribution is 5.28. The van der Waals surface area contributed by atoms with Crippen LogP contribution >= 0.6 is 0 Å². The molecule has 116 valence electrons. The van der Waals surface area contributed by atoms with E-state index in [2.05, 4.69) is 17.4 Å². The first-order valence-corrected chi connectivity index (χ1v) is 7.93. The Kier molecular flexibility index (Phi) is 4.25. The third-order valence-electron chi connectivity index (χ3n) is 4.78. The van der Waals surface area contributed by atoms with E-state index in [0.29, 0.717) is 19.4 Å². The molecule has 1 aromatic carbocycles. The van der Waals surface area contributed by atoms with E-state index in [4.69, 9.17) is 0 Å². The van der Waals surface area contributed by atoms with E-state index in [1.54, 1.807) is 0 Å². The Morgan fingerprint density at radius 2 is 1.62 bits per heavy atom. The number of halogens is 3. The van der Waals surface area contributed by atoms with E-state index >= 15 is 0 Å². The lowest BCUT2D eigenvalue weighted by molar-refractivity contribution is -0.189. The summed E-state index contributed by atoms with van der Waals surface area (Å²) in [5.41, 5.74) is 2.44.